The van der Waals surface area contributed by atoms with Gasteiger partial charge in [-0.05, 0) is 25.1 Å². The molecule has 0 spiro atoms. The monoisotopic (exact) mass is 426 g/mol. The van der Waals surface area contributed by atoms with Crippen LogP contribution in [0, 0.1) is 0 Å². The summed E-state index contributed by atoms with van der Waals surface area (Å²) in [6.45, 7) is 4.68. The minimum absolute atomic E-state index is 0.466. The van der Waals surface area contributed by atoms with Crippen molar-refractivity contribution in [2.75, 3.05) is 26.7 Å². The Morgan fingerprint density at radius 1 is 1.22 bits per heavy atom. The number of aromatic nitrogens is 1. The quantitative estimate of drug-likeness (QED) is 0.512. The first-order valence-electron chi connectivity index (χ1n) is 8.73. The molecule has 1 aromatic heterocycles. The fourth-order valence-corrected chi connectivity index (χ4v) is 3.62. The number of amidine groups is 1. The molecule has 0 aliphatic carbocycles. The summed E-state index contributed by atoms with van der Waals surface area (Å²) in [5, 5.41) is 5.00. The van der Waals surface area contributed by atoms with E-state index in [1.54, 1.807) is 12.1 Å². The number of halogens is 3. The molecule has 0 saturated carbocycles. The van der Waals surface area contributed by atoms with Gasteiger partial charge >= 0.3 is 0 Å². The van der Waals surface area contributed by atoms with Crippen LogP contribution in [-0.4, -0.2) is 42.5 Å². The third kappa shape index (κ3) is 5.05. The third-order valence-electron chi connectivity index (χ3n) is 4.26. The molecule has 5 nitrogen and oxygen atoms in total. The number of hydrogen-bond donors (Lipinski definition) is 1. The number of benzene rings is 1. The molecule has 1 aromatic carbocycles. The minimum Gasteiger partial charge on any atom is -0.492 e. The Bertz CT molecular complexity index is 857. The van der Waals surface area contributed by atoms with Crippen molar-refractivity contribution in [3.05, 3.63) is 50.6 Å². The molecule has 1 aliphatic rings. The first kappa shape index (κ1) is 20.2. The van der Waals surface area contributed by atoms with Crippen molar-refractivity contribution in [1.82, 2.24) is 15.2 Å². The highest BCUT2D eigenvalue weighted by Gasteiger charge is 2.19. The predicted molar refractivity (Wildman–Crippen MR) is 112 cm³/mol. The molecule has 0 bridgehead atoms. The lowest BCUT2D eigenvalue weighted by molar-refractivity contribution is 0.335. The smallest absolute Gasteiger partial charge is 0.159 e. The number of likely N-dealkylation sites (N-methyl/N-ethyl adjacent to an activating group) is 1. The van der Waals surface area contributed by atoms with Gasteiger partial charge in [-0.2, -0.15) is 0 Å². The number of rotatable bonds is 7. The summed E-state index contributed by atoms with van der Waals surface area (Å²) in [7, 11) is 2.02. The molecule has 8 heteroatoms. The molecule has 1 N–H and O–H groups in total. The Balaban J connectivity index is 1.53. The molecule has 0 radical (unpaired) electrons. The summed E-state index contributed by atoms with van der Waals surface area (Å²) in [6, 6.07) is 7.35. The third-order valence-corrected chi connectivity index (χ3v) is 4.97. The van der Waals surface area contributed by atoms with Gasteiger partial charge in [-0.25, -0.2) is 9.98 Å². The van der Waals surface area contributed by atoms with Gasteiger partial charge in [0.2, 0.25) is 0 Å². The Labute approximate surface area is 174 Å². The molecule has 0 saturated heterocycles. The molecule has 0 amide bonds. The zero-order valence-corrected chi connectivity index (χ0v) is 17.5. The van der Waals surface area contributed by atoms with E-state index in [0.29, 0.717) is 39.9 Å². The van der Waals surface area contributed by atoms with Gasteiger partial charge in [-0.1, -0.05) is 40.9 Å². The van der Waals surface area contributed by atoms with Crippen molar-refractivity contribution in [2.24, 2.45) is 4.99 Å². The number of hydrogen-bond acceptors (Lipinski definition) is 5. The van der Waals surface area contributed by atoms with Crippen molar-refractivity contribution < 1.29 is 4.74 Å². The zero-order chi connectivity index (χ0) is 19.4. The first-order chi connectivity index (χ1) is 13.0. The summed E-state index contributed by atoms with van der Waals surface area (Å²) in [5.41, 5.74) is 2.05. The van der Waals surface area contributed by atoms with E-state index in [-0.39, 0.29) is 0 Å². The Kier molecular flexibility index (Phi) is 6.82. The Hall–Kier alpha value is -1.53. The first-order valence-corrected chi connectivity index (χ1v) is 9.87. The van der Waals surface area contributed by atoms with Crippen LogP contribution >= 0.6 is 34.8 Å². The van der Waals surface area contributed by atoms with E-state index in [0.717, 1.165) is 36.5 Å². The fraction of sp³-hybridized carbons (Fsp3) is 0.368. The van der Waals surface area contributed by atoms with Gasteiger partial charge in [0.15, 0.2) is 5.82 Å². The van der Waals surface area contributed by atoms with Crippen LogP contribution in [0.15, 0.2) is 29.3 Å². The normalized spacial score (nSPS) is 12.7. The standard InChI is InChI=1S/C19H21Cl3N4O/c1-3-27-18-13(8-14(20)10-15(18)21)11-23-6-7-26(2)17-9-12-4-5-16(22)24-19(12)25-17/h4-5,8,10,23H,3,6-7,9,11H2,1-2H3. The second kappa shape index (κ2) is 9.11. The average Bonchev–Trinajstić information content (AvgIpc) is 3.04. The molecule has 27 heavy (non-hydrogen) atoms. The maximum Gasteiger partial charge on any atom is 0.159 e. The van der Waals surface area contributed by atoms with E-state index >= 15 is 0 Å². The van der Waals surface area contributed by atoms with Gasteiger partial charge in [0, 0.05) is 49.3 Å². The van der Waals surface area contributed by atoms with Crippen molar-refractivity contribution in [2.45, 2.75) is 19.9 Å². The van der Waals surface area contributed by atoms with E-state index < -0.39 is 0 Å². The largest absolute Gasteiger partial charge is 0.492 e. The lowest BCUT2D eigenvalue weighted by Gasteiger charge is -2.19. The van der Waals surface area contributed by atoms with Crippen LogP contribution < -0.4 is 10.1 Å². The van der Waals surface area contributed by atoms with Gasteiger partial charge in [0.25, 0.3) is 0 Å². The number of nitrogens with zero attached hydrogens (tertiary/aromatic N) is 3. The summed E-state index contributed by atoms with van der Waals surface area (Å²) in [4.78, 5) is 11.0. The molecule has 3 rings (SSSR count). The van der Waals surface area contributed by atoms with Gasteiger partial charge in [0.05, 0.1) is 11.6 Å². The highest BCUT2D eigenvalue weighted by molar-refractivity contribution is 6.35. The summed E-state index contributed by atoms with van der Waals surface area (Å²) in [6.07, 6.45) is 0.772. The van der Waals surface area contributed by atoms with E-state index in [1.165, 1.54) is 0 Å². The lowest BCUT2D eigenvalue weighted by atomic mass is 10.2. The second-order valence-corrected chi connectivity index (χ2v) is 7.46. The van der Waals surface area contributed by atoms with Crippen molar-refractivity contribution in [1.29, 1.82) is 0 Å². The van der Waals surface area contributed by atoms with Crippen molar-refractivity contribution in [3.8, 4) is 5.75 Å². The van der Waals surface area contributed by atoms with Crippen LogP contribution in [0.25, 0.3) is 0 Å². The van der Waals surface area contributed by atoms with Gasteiger partial charge < -0.3 is 15.0 Å². The average molecular weight is 428 g/mol. The number of pyridine rings is 1. The maximum absolute atomic E-state index is 6.24. The molecular weight excluding hydrogens is 407 g/mol. The molecular formula is C19H21Cl3N4O. The fourth-order valence-electron chi connectivity index (χ4n) is 2.89. The van der Waals surface area contributed by atoms with Crippen molar-refractivity contribution in [3.63, 3.8) is 0 Å². The van der Waals surface area contributed by atoms with E-state index in [2.05, 4.69) is 20.2 Å². The summed E-state index contributed by atoms with van der Waals surface area (Å²) in [5.74, 6) is 2.39. The molecule has 2 heterocycles. The van der Waals surface area contributed by atoms with Crippen LogP contribution in [0.1, 0.15) is 18.1 Å². The molecule has 1 aliphatic heterocycles. The highest BCUT2D eigenvalue weighted by Crippen LogP contribution is 2.32. The zero-order valence-electron chi connectivity index (χ0n) is 15.2. The molecule has 0 unspecified atom stereocenters. The van der Waals surface area contributed by atoms with E-state index in [4.69, 9.17) is 39.5 Å². The summed E-state index contributed by atoms with van der Waals surface area (Å²) < 4.78 is 5.65. The van der Waals surface area contributed by atoms with Crippen LogP contribution in [0.5, 0.6) is 5.75 Å². The van der Waals surface area contributed by atoms with Gasteiger partial charge in [0.1, 0.15) is 16.7 Å². The molecule has 2 aromatic rings. The Morgan fingerprint density at radius 3 is 2.81 bits per heavy atom. The van der Waals surface area contributed by atoms with E-state index in [9.17, 15) is 0 Å². The minimum atomic E-state index is 0.466. The SMILES string of the molecule is CCOc1c(Cl)cc(Cl)cc1CNCCN(C)C1=Nc2nc(Cl)ccc2C1. The second-order valence-electron chi connectivity index (χ2n) is 6.23. The van der Waals surface area contributed by atoms with E-state index in [1.807, 2.05) is 26.1 Å². The lowest BCUT2D eigenvalue weighted by Crippen LogP contribution is -2.33. The number of aliphatic imine (C=N–C) groups is 1. The van der Waals surface area contributed by atoms with Crippen molar-refractivity contribution >= 4 is 46.5 Å². The van der Waals surface area contributed by atoms with Crippen LogP contribution in [0.2, 0.25) is 15.2 Å². The van der Waals surface area contributed by atoms with Gasteiger partial charge in [-0.3, -0.25) is 0 Å². The highest BCUT2D eigenvalue weighted by atomic mass is 35.5. The number of fused-ring (bicyclic) bond motifs is 1. The Morgan fingerprint density at radius 2 is 2.04 bits per heavy atom. The molecule has 144 valence electrons. The number of ether oxygens (including phenoxy) is 1. The predicted octanol–water partition coefficient (Wildman–Crippen LogP) is 4.75. The maximum atomic E-state index is 6.24. The van der Waals surface area contributed by atoms with Gasteiger partial charge in [-0.15, -0.1) is 0 Å². The van der Waals surface area contributed by atoms with Crippen LogP contribution in [0.4, 0.5) is 5.82 Å². The topological polar surface area (TPSA) is 49.8 Å². The molecule has 0 fully saturated rings. The van der Waals surface area contributed by atoms with Crippen LogP contribution in [0.3, 0.4) is 0 Å². The van der Waals surface area contributed by atoms with Crippen LogP contribution in [-0.2, 0) is 13.0 Å². The molecule has 0 atom stereocenters. The summed E-state index contributed by atoms with van der Waals surface area (Å²) >= 11 is 18.3. The number of nitrogens with one attached hydrogen (secondary N) is 1.